The number of pyridine rings is 1. The molecule has 0 bridgehead atoms. The van der Waals surface area contributed by atoms with E-state index in [1.54, 1.807) is 0 Å². The van der Waals surface area contributed by atoms with E-state index in [4.69, 9.17) is 14.0 Å². The Hall–Kier alpha value is -0.905. The molecule has 19 heavy (non-hydrogen) atoms. The monoisotopic (exact) mass is 261 g/mol. The van der Waals surface area contributed by atoms with Gasteiger partial charge >= 0.3 is 7.12 Å². The van der Waals surface area contributed by atoms with Crippen LogP contribution in [0.1, 0.15) is 31.7 Å². The van der Waals surface area contributed by atoms with Gasteiger partial charge in [-0.3, -0.25) is 4.98 Å². The number of ether oxygens (including phenoxy) is 1. The first kappa shape index (κ1) is 13.1. The first-order chi connectivity index (χ1) is 9.14. The van der Waals surface area contributed by atoms with Gasteiger partial charge in [0, 0.05) is 37.4 Å². The van der Waals surface area contributed by atoms with Crippen molar-refractivity contribution >= 4 is 12.7 Å². The van der Waals surface area contributed by atoms with Crippen LogP contribution in [0.2, 0.25) is 0 Å². The molecule has 1 aromatic heterocycles. The molecule has 3 heterocycles. The lowest BCUT2D eigenvalue weighted by Crippen LogP contribution is -2.48. The Balaban J connectivity index is 1.72. The molecule has 0 spiro atoms. The second-order valence-electron chi connectivity index (χ2n) is 6.19. The van der Waals surface area contributed by atoms with E-state index >= 15 is 0 Å². The zero-order chi connectivity index (χ0) is 13.3. The van der Waals surface area contributed by atoms with Crippen molar-refractivity contribution < 1.29 is 14.0 Å². The fourth-order valence-electron chi connectivity index (χ4n) is 2.51. The Bertz CT molecular complexity index is 436. The molecule has 1 unspecified atom stereocenters. The fourth-order valence-corrected chi connectivity index (χ4v) is 2.51. The Kier molecular flexibility index (Phi) is 3.61. The lowest BCUT2D eigenvalue weighted by molar-refractivity contribution is 0.0339. The number of nitrogens with zero attached hydrogens (tertiary/aromatic N) is 1. The van der Waals surface area contributed by atoms with Crippen molar-refractivity contribution in [3.05, 3.63) is 23.9 Å². The van der Waals surface area contributed by atoms with Crippen LogP contribution in [0.3, 0.4) is 0 Å². The smallest absolute Gasteiger partial charge is 0.406 e. The number of hydrogen-bond acceptors (Lipinski definition) is 4. The maximum absolute atomic E-state index is 5.78. The molecule has 5 heteroatoms. The molecule has 2 aliphatic heterocycles. The molecule has 0 radical (unpaired) electrons. The third-order valence-corrected chi connectivity index (χ3v) is 3.70. The van der Waals surface area contributed by atoms with E-state index < -0.39 is 0 Å². The van der Waals surface area contributed by atoms with Gasteiger partial charge in [0.2, 0.25) is 0 Å². The predicted molar refractivity (Wildman–Crippen MR) is 73.5 cm³/mol. The summed E-state index contributed by atoms with van der Waals surface area (Å²) < 4.78 is 17.0. The minimum atomic E-state index is -0.324. The molecule has 4 nitrogen and oxygen atoms in total. The van der Waals surface area contributed by atoms with Gasteiger partial charge in [0.1, 0.15) is 0 Å². The van der Waals surface area contributed by atoms with Crippen LogP contribution in [-0.4, -0.2) is 38.5 Å². The Morgan fingerprint density at radius 2 is 2.11 bits per heavy atom. The number of rotatable bonds is 2. The van der Waals surface area contributed by atoms with Gasteiger partial charge < -0.3 is 14.0 Å². The molecule has 0 N–H and O–H groups in total. The number of aromatic nitrogens is 1. The summed E-state index contributed by atoms with van der Waals surface area (Å²) in [7, 11) is -0.324. The lowest BCUT2D eigenvalue weighted by atomic mass is 9.78. The normalized spacial score (nSPS) is 26.6. The fraction of sp³-hybridized carbons (Fsp3) is 0.643. The summed E-state index contributed by atoms with van der Waals surface area (Å²) >= 11 is 0. The van der Waals surface area contributed by atoms with E-state index in [9.17, 15) is 0 Å². The van der Waals surface area contributed by atoms with Crippen LogP contribution >= 0.6 is 0 Å². The Morgan fingerprint density at radius 3 is 2.79 bits per heavy atom. The van der Waals surface area contributed by atoms with E-state index in [1.165, 1.54) is 5.56 Å². The molecular formula is C14H20BNO3. The zero-order valence-electron chi connectivity index (χ0n) is 11.6. The van der Waals surface area contributed by atoms with E-state index in [1.807, 2.05) is 6.20 Å². The number of hydrogen-bond donors (Lipinski definition) is 0. The maximum Gasteiger partial charge on any atom is 0.513 e. The van der Waals surface area contributed by atoms with Crippen molar-refractivity contribution in [3.8, 4) is 0 Å². The summed E-state index contributed by atoms with van der Waals surface area (Å²) in [6.45, 7) is 7.36. The molecule has 102 valence electrons. The molecule has 0 aromatic carbocycles. The van der Waals surface area contributed by atoms with Crippen LogP contribution < -0.4 is 5.59 Å². The molecule has 0 aliphatic carbocycles. The molecule has 2 fully saturated rings. The first-order valence-electron chi connectivity index (χ1n) is 6.91. The molecular weight excluding hydrogens is 241 g/mol. The second-order valence-corrected chi connectivity index (χ2v) is 6.19. The average molecular weight is 261 g/mol. The average Bonchev–Trinajstić information content (AvgIpc) is 2.93. The van der Waals surface area contributed by atoms with Gasteiger partial charge in [-0.05, 0) is 24.1 Å². The highest BCUT2D eigenvalue weighted by Crippen LogP contribution is 2.25. The summed E-state index contributed by atoms with van der Waals surface area (Å²) in [5, 5.41) is 0. The second kappa shape index (κ2) is 5.23. The largest absolute Gasteiger partial charge is 0.513 e. The molecule has 1 atom stereocenters. The van der Waals surface area contributed by atoms with Gasteiger partial charge in [0.15, 0.2) is 0 Å². The van der Waals surface area contributed by atoms with Gasteiger partial charge in [0.25, 0.3) is 0 Å². The van der Waals surface area contributed by atoms with Crippen LogP contribution in [0.5, 0.6) is 0 Å². The van der Waals surface area contributed by atoms with Gasteiger partial charge in [-0.25, -0.2) is 0 Å². The van der Waals surface area contributed by atoms with Crippen LogP contribution in [0.4, 0.5) is 0 Å². The Labute approximate surface area is 114 Å². The quantitative estimate of drug-likeness (QED) is 0.753. The molecule has 2 saturated heterocycles. The van der Waals surface area contributed by atoms with Crippen molar-refractivity contribution in [1.29, 1.82) is 0 Å². The summed E-state index contributed by atoms with van der Waals surface area (Å²) in [6.07, 6.45) is 2.93. The van der Waals surface area contributed by atoms with E-state index in [0.29, 0.717) is 19.1 Å². The van der Waals surface area contributed by atoms with E-state index in [2.05, 4.69) is 31.0 Å². The van der Waals surface area contributed by atoms with Gasteiger partial charge in [-0.1, -0.05) is 13.8 Å². The van der Waals surface area contributed by atoms with Gasteiger partial charge in [-0.2, -0.15) is 0 Å². The molecule has 0 amide bonds. The zero-order valence-corrected chi connectivity index (χ0v) is 11.6. The highest BCUT2D eigenvalue weighted by Gasteiger charge is 2.34. The van der Waals surface area contributed by atoms with Crippen molar-refractivity contribution in [3.63, 3.8) is 0 Å². The molecule has 2 aliphatic rings. The Morgan fingerprint density at radius 1 is 1.32 bits per heavy atom. The van der Waals surface area contributed by atoms with Crippen LogP contribution in [-0.2, 0) is 14.0 Å². The summed E-state index contributed by atoms with van der Waals surface area (Å²) in [5.41, 5.74) is 2.24. The first-order valence-corrected chi connectivity index (χ1v) is 6.91. The minimum Gasteiger partial charge on any atom is -0.406 e. The van der Waals surface area contributed by atoms with Crippen LogP contribution in [0, 0.1) is 5.41 Å². The lowest BCUT2D eigenvalue weighted by Gasteiger charge is -2.32. The maximum atomic E-state index is 5.78. The minimum absolute atomic E-state index is 0.0907. The van der Waals surface area contributed by atoms with Crippen molar-refractivity contribution in [2.75, 3.05) is 26.4 Å². The summed E-state index contributed by atoms with van der Waals surface area (Å²) in [6, 6.07) is 4.16. The standard InChI is InChI=1S/C14H20BNO3/c1-14(2)9-18-15(19-10-14)13-7-11(3-5-16-13)12-4-6-17-8-12/h3,5,7,12H,4,6,8-10H2,1-2H3. The van der Waals surface area contributed by atoms with Crippen LogP contribution in [0.15, 0.2) is 18.3 Å². The third kappa shape index (κ3) is 2.99. The topological polar surface area (TPSA) is 40.6 Å². The molecule has 1 aromatic rings. The van der Waals surface area contributed by atoms with E-state index in [0.717, 1.165) is 25.2 Å². The predicted octanol–water partition coefficient (Wildman–Crippen LogP) is 1.35. The van der Waals surface area contributed by atoms with E-state index in [-0.39, 0.29) is 12.5 Å². The molecule has 0 saturated carbocycles. The van der Waals surface area contributed by atoms with Gasteiger partial charge in [0.05, 0.1) is 12.2 Å². The summed E-state index contributed by atoms with van der Waals surface area (Å²) in [5.74, 6) is 0.488. The van der Waals surface area contributed by atoms with Crippen LogP contribution in [0.25, 0.3) is 0 Å². The third-order valence-electron chi connectivity index (χ3n) is 3.70. The molecule has 3 rings (SSSR count). The van der Waals surface area contributed by atoms with Gasteiger partial charge in [-0.15, -0.1) is 0 Å². The van der Waals surface area contributed by atoms with Crippen molar-refractivity contribution in [1.82, 2.24) is 4.98 Å². The summed E-state index contributed by atoms with van der Waals surface area (Å²) in [4.78, 5) is 4.39. The van der Waals surface area contributed by atoms with Crippen molar-refractivity contribution in [2.45, 2.75) is 26.2 Å². The highest BCUT2D eigenvalue weighted by molar-refractivity contribution is 6.60. The highest BCUT2D eigenvalue weighted by atomic mass is 16.6. The van der Waals surface area contributed by atoms with Crippen molar-refractivity contribution in [2.24, 2.45) is 5.41 Å². The SMILES string of the molecule is CC1(C)COB(c2cc(C3CCOC3)ccn2)OC1.